The van der Waals surface area contributed by atoms with Crippen molar-refractivity contribution in [3.8, 4) is 5.75 Å². The highest BCUT2D eigenvalue weighted by molar-refractivity contribution is 9.09. The number of hydrogen-bond acceptors (Lipinski definition) is 2. The molecular formula is C14H15BrFNO2. The van der Waals surface area contributed by atoms with Crippen LogP contribution in [0.1, 0.15) is 30.7 Å². The number of carbonyl (C=O) groups excluding carboxylic acids is 1. The summed E-state index contributed by atoms with van der Waals surface area (Å²) in [5.74, 6) is -0.00565. The normalized spacial score (nSPS) is 23.4. The smallest absolute Gasteiger partial charge is 0.228 e. The van der Waals surface area contributed by atoms with Gasteiger partial charge in [0, 0.05) is 11.2 Å². The van der Waals surface area contributed by atoms with E-state index in [0.29, 0.717) is 12.3 Å². The molecule has 1 aromatic rings. The van der Waals surface area contributed by atoms with Gasteiger partial charge in [0.05, 0.1) is 12.3 Å². The Morgan fingerprint density at radius 2 is 2.21 bits per heavy atom. The number of anilines is 1. The summed E-state index contributed by atoms with van der Waals surface area (Å²) >= 11 is 3.34. The number of hydrogen-bond donors (Lipinski definition) is 1. The minimum Gasteiger partial charge on any atom is -0.490 e. The zero-order chi connectivity index (χ0) is 13.4. The van der Waals surface area contributed by atoms with Gasteiger partial charge in [-0.25, -0.2) is 4.39 Å². The van der Waals surface area contributed by atoms with Crippen molar-refractivity contribution in [1.29, 1.82) is 0 Å². The Labute approximate surface area is 119 Å². The van der Waals surface area contributed by atoms with Crippen molar-refractivity contribution in [3.05, 3.63) is 23.5 Å². The van der Waals surface area contributed by atoms with Crippen LogP contribution in [0.2, 0.25) is 0 Å². The van der Waals surface area contributed by atoms with Crippen molar-refractivity contribution in [1.82, 2.24) is 0 Å². The summed E-state index contributed by atoms with van der Waals surface area (Å²) < 4.78 is 19.7. The first-order chi connectivity index (χ1) is 9.22. The molecule has 1 saturated carbocycles. The molecule has 2 atom stereocenters. The van der Waals surface area contributed by atoms with Gasteiger partial charge in [0.25, 0.3) is 0 Å². The van der Waals surface area contributed by atoms with Crippen molar-refractivity contribution >= 4 is 27.5 Å². The Balaban J connectivity index is 1.77. The van der Waals surface area contributed by atoms with Crippen LogP contribution in [0.25, 0.3) is 0 Å². The molecule has 0 bridgehead atoms. The van der Waals surface area contributed by atoms with Crippen LogP contribution in [-0.2, 0) is 4.79 Å². The van der Waals surface area contributed by atoms with Gasteiger partial charge in [-0.2, -0.15) is 0 Å². The molecule has 3 rings (SSSR count). The molecule has 1 aliphatic carbocycles. The van der Waals surface area contributed by atoms with E-state index < -0.39 is 5.82 Å². The van der Waals surface area contributed by atoms with Crippen molar-refractivity contribution in [2.45, 2.75) is 25.2 Å². The molecule has 0 aromatic heterocycles. The van der Waals surface area contributed by atoms with E-state index in [9.17, 15) is 9.18 Å². The number of rotatable bonds is 5. The number of ether oxygens (including phenoxy) is 1. The fraction of sp³-hybridized carbons (Fsp3) is 0.500. The highest BCUT2D eigenvalue weighted by atomic mass is 79.9. The summed E-state index contributed by atoms with van der Waals surface area (Å²) in [5.41, 5.74) is 1.23. The lowest BCUT2D eigenvalue weighted by Crippen LogP contribution is -2.21. The molecule has 0 saturated heterocycles. The zero-order valence-corrected chi connectivity index (χ0v) is 12.0. The second kappa shape index (κ2) is 5.12. The zero-order valence-electron chi connectivity index (χ0n) is 10.4. The molecule has 2 unspecified atom stereocenters. The van der Waals surface area contributed by atoms with E-state index >= 15 is 0 Å². The minimum absolute atomic E-state index is 0.0533. The standard InChI is InChI=1S/C14H15BrFNO2/c15-5-1-2-6-19-11-4-3-8-9-7-10(9)14(18)17-13(8)12(11)16/h3-4,9-10H,1-2,5-7H2,(H,17,18). The summed E-state index contributed by atoms with van der Waals surface area (Å²) in [5, 5.41) is 3.58. The predicted molar refractivity (Wildman–Crippen MR) is 74.4 cm³/mol. The summed E-state index contributed by atoms with van der Waals surface area (Å²) in [6.45, 7) is 0.487. The van der Waals surface area contributed by atoms with E-state index in [1.165, 1.54) is 0 Å². The van der Waals surface area contributed by atoms with Crippen LogP contribution in [0.15, 0.2) is 12.1 Å². The lowest BCUT2D eigenvalue weighted by Gasteiger charge is -2.18. The van der Waals surface area contributed by atoms with E-state index in [-0.39, 0.29) is 23.5 Å². The van der Waals surface area contributed by atoms with Crippen LogP contribution in [0.4, 0.5) is 10.1 Å². The minimum atomic E-state index is -0.435. The first kappa shape index (κ1) is 12.9. The number of halogens is 2. The maximum absolute atomic E-state index is 14.3. The molecule has 1 heterocycles. The van der Waals surface area contributed by atoms with Gasteiger partial charge >= 0.3 is 0 Å². The highest BCUT2D eigenvalue weighted by Crippen LogP contribution is 2.54. The van der Waals surface area contributed by atoms with Crippen molar-refractivity contribution in [2.24, 2.45) is 5.92 Å². The number of benzene rings is 1. The first-order valence-electron chi connectivity index (χ1n) is 6.54. The first-order valence-corrected chi connectivity index (χ1v) is 7.66. The molecule has 2 aliphatic rings. The summed E-state index contributed by atoms with van der Waals surface area (Å²) in [6.07, 6.45) is 2.70. The van der Waals surface area contributed by atoms with Crippen LogP contribution < -0.4 is 10.1 Å². The largest absolute Gasteiger partial charge is 0.490 e. The number of nitrogens with one attached hydrogen (secondary N) is 1. The van der Waals surface area contributed by atoms with Gasteiger partial charge in [-0.05, 0) is 36.8 Å². The molecule has 102 valence electrons. The van der Waals surface area contributed by atoms with Crippen LogP contribution in [-0.4, -0.2) is 17.8 Å². The van der Waals surface area contributed by atoms with E-state index in [0.717, 1.165) is 30.2 Å². The molecule has 5 heteroatoms. The molecule has 0 spiro atoms. The monoisotopic (exact) mass is 327 g/mol. The number of carbonyl (C=O) groups is 1. The third-order valence-electron chi connectivity index (χ3n) is 3.70. The van der Waals surface area contributed by atoms with Gasteiger partial charge in [-0.1, -0.05) is 22.0 Å². The van der Waals surface area contributed by atoms with Crippen molar-refractivity contribution in [3.63, 3.8) is 0 Å². The molecule has 1 aromatic carbocycles. The van der Waals surface area contributed by atoms with Crippen molar-refractivity contribution < 1.29 is 13.9 Å². The number of unbranched alkanes of at least 4 members (excludes halogenated alkanes) is 1. The molecule has 1 N–H and O–H groups in total. The number of fused-ring (bicyclic) bond motifs is 3. The van der Waals surface area contributed by atoms with Crippen LogP contribution in [0.5, 0.6) is 5.75 Å². The Morgan fingerprint density at radius 1 is 1.37 bits per heavy atom. The fourth-order valence-electron chi connectivity index (χ4n) is 2.54. The fourth-order valence-corrected chi connectivity index (χ4v) is 2.94. The quantitative estimate of drug-likeness (QED) is 0.664. The Bertz CT molecular complexity index is 520. The summed E-state index contributed by atoms with van der Waals surface area (Å²) in [4.78, 5) is 11.6. The van der Waals surface area contributed by atoms with Crippen molar-refractivity contribution in [2.75, 3.05) is 17.3 Å². The van der Waals surface area contributed by atoms with Crippen LogP contribution >= 0.6 is 15.9 Å². The second-order valence-electron chi connectivity index (χ2n) is 5.02. The van der Waals surface area contributed by atoms with E-state index in [1.54, 1.807) is 6.07 Å². The molecule has 1 amide bonds. The molecule has 1 fully saturated rings. The molecule has 3 nitrogen and oxygen atoms in total. The van der Waals surface area contributed by atoms with Gasteiger partial charge in [-0.3, -0.25) is 4.79 Å². The number of alkyl halides is 1. The molecule has 0 radical (unpaired) electrons. The Kier molecular flexibility index (Phi) is 3.48. The van der Waals surface area contributed by atoms with Gasteiger partial charge in [0.2, 0.25) is 5.91 Å². The highest BCUT2D eigenvalue weighted by Gasteiger charge is 2.49. The maximum Gasteiger partial charge on any atom is 0.228 e. The topological polar surface area (TPSA) is 38.3 Å². The maximum atomic E-state index is 14.3. The second-order valence-corrected chi connectivity index (χ2v) is 5.82. The number of amides is 1. The van der Waals surface area contributed by atoms with E-state index in [4.69, 9.17) is 4.74 Å². The average molecular weight is 328 g/mol. The van der Waals surface area contributed by atoms with E-state index in [2.05, 4.69) is 21.2 Å². The van der Waals surface area contributed by atoms with E-state index in [1.807, 2.05) is 6.07 Å². The Morgan fingerprint density at radius 3 is 3.00 bits per heavy atom. The summed E-state index contributed by atoms with van der Waals surface area (Å²) in [7, 11) is 0. The molecule has 19 heavy (non-hydrogen) atoms. The predicted octanol–water partition coefficient (Wildman–Crippen LogP) is 3.44. The average Bonchev–Trinajstić information content (AvgIpc) is 3.19. The van der Waals surface area contributed by atoms with Gasteiger partial charge in [0.15, 0.2) is 11.6 Å². The van der Waals surface area contributed by atoms with Crippen LogP contribution in [0, 0.1) is 11.7 Å². The third kappa shape index (κ3) is 2.36. The Hall–Kier alpha value is -1.10. The lowest BCUT2D eigenvalue weighted by molar-refractivity contribution is -0.117. The molecular weight excluding hydrogens is 313 g/mol. The van der Waals surface area contributed by atoms with Crippen LogP contribution in [0.3, 0.4) is 0 Å². The molecule has 1 aliphatic heterocycles. The summed E-state index contributed by atoms with van der Waals surface area (Å²) in [6, 6.07) is 3.55. The van der Waals surface area contributed by atoms with Gasteiger partial charge in [0.1, 0.15) is 0 Å². The third-order valence-corrected chi connectivity index (χ3v) is 4.26. The van der Waals surface area contributed by atoms with Gasteiger partial charge < -0.3 is 10.1 Å². The lowest BCUT2D eigenvalue weighted by atomic mass is 10.0. The SMILES string of the molecule is O=C1Nc2c(ccc(OCCCCBr)c2F)C2CC12. The van der Waals surface area contributed by atoms with Gasteiger partial charge in [-0.15, -0.1) is 0 Å².